The summed E-state index contributed by atoms with van der Waals surface area (Å²) in [6.45, 7) is -0.237. The number of imide groups is 1. The fourth-order valence-electron chi connectivity index (χ4n) is 8.75. The number of halogens is 1. The van der Waals surface area contributed by atoms with Crippen molar-refractivity contribution in [2.45, 2.75) is 22.6 Å². The van der Waals surface area contributed by atoms with Gasteiger partial charge in [-0.3, -0.25) is 24.1 Å². The third kappa shape index (κ3) is 4.57. The van der Waals surface area contributed by atoms with Crippen LogP contribution >= 0.6 is 34.7 Å². The Bertz CT molecular complexity index is 2200. The summed E-state index contributed by atoms with van der Waals surface area (Å²) in [5, 5.41) is 6.23. The minimum Gasteiger partial charge on any atom is -0.483 e. The second-order valence-electron chi connectivity index (χ2n) is 12.9. The highest BCUT2D eigenvalue weighted by molar-refractivity contribution is 8.00. The number of thiazole rings is 1. The summed E-state index contributed by atoms with van der Waals surface area (Å²) < 4.78 is 6.25. The molecule has 3 heterocycles. The number of ether oxygens (including phenoxy) is 1. The second kappa shape index (κ2) is 11.4. The van der Waals surface area contributed by atoms with Crippen molar-refractivity contribution >= 4 is 74.6 Å². The van der Waals surface area contributed by atoms with E-state index >= 15 is 0 Å². The van der Waals surface area contributed by atoms with Crippen LogP contribution in [0.3, 0.4) is 0 Å². The highest BCUT2D eigenvalue weighted by Gasteiger charge is 2.69. The van der Waals surface area contributed by atoms with E-state index in [1.165, 1.54) is 4.90 Å². The number of para-hydroxylation sites is 1. The molecule has 1 saturated heterocycles. The van der Waals surface area contributed by atoms with Crippen LogP contribution in [0.4, 0.5) is 11.4 Å². The minimum absolute atomic E-state index is 0.00738. The zero-order chi connectivity index (χ0) is 32.7. The summed E-state index contributed by atoms with van der Waals surface area (Å²) in [7, 11) is 0. The van der Waals surface area contributed by atoms with Crippen LogP contribution in [0.2, 0.25) is 5.02 Å². The molecule has 2 aliphatic carbocycles. The molecular weight excluding hydrogens is 666 g/mol. The summed E-state index contributed by atoms with van der Waals surface area (Å²) in [5.41, 5.74) is 2.07. The van der Waals surface area contributed by atoms with Crippen LogP contribution in [-0.4, -0.2) is 34.6 Å². The van der Waals surface area contributed by atoms with Crippen LogP contribution in [-0.2, 0) is 14.4 Å². The lowest BCUT2D eigenvalue weighted by Crippen LogP contribution is -2.42. The monoisotopic (exact) mass is 693 g/mol. The lowest BCUT2D eigenvalue weighted by molar-refractivity contribution is -0.123. The van der Waals surface area contributed by atoms with E-state index < -0.39 is 11.8 Å². The van der Waals surface area contributed by atoms with Crippen LogP contribution in [0.15, 0.2) is 101 Å². The summed E-state index contributed by atoms with van der Waals surface area (Å²) >= 11 is 9.41. The Kier molecular flexibility index (Phi) is 7.04. The summed E-state index contributed by atoms with van der Waals surface area (Å²) in [5.74, 6) is -1.36. The van der Waals surface area contributed by atoms with Gasteiger partial charge >= 0.3 is 4.87 Å². The Morgan fingerprint density at radius 1 is 0.917 bits per heavy atom. The van der Waals surface area contributed by atoms with Gasteiger partial charge in [-0.25, -0.2) is 0 Å². The molecule has 8 nitrogen and oxygen atoms in total. The van der Waals surface area contributed by atoms with Crippen molar-refractivity contribution in [2.24, 2.45) is 29.6 Å². The number of H-pyrrole nitrogens is 1. The number of nitrogens with zero attached hydrogens (tertiary/aromatic N) is 1. The SMILES string of the molecule is O=C(COc1ccc(Cl)cc1[C@H]1c2sc(=O)[nH]c2SC2C1[C@H]1C[C@@H]2C2C(=O)N(c3ccccc3)C(=O)C21)Nc1cccc2ccccc12. The second-order valence-corrected chi connectivity index (χ2v) is 15.5. The van der Waals surface area contributed by atoms with Gasteiger partial charge in [0.25, 0.3) is 5.91 Å². The summed E-state index contributed by atoms with van der Waals surface area (Å²) in [6.07, 6.45) is 0.762. The Morgan fingerprint density at radius 3 is 2.50 bits per heavy atom. The first-order valence-corrected chi connectivity index (χ1v) is 18.0. The first-order chi connectivity index (χ1) is 23.4. The van der Waals surface area contributed by atoms with E-state index in [1.807, 2.05) is 66.7 Å². The van der Waals surface area contributed by atoms with Gasteiger partial charge in [-0.1, -0.05) is 77.5 Å². The van der Waals surface area contributed by atoms with E-state index in [0.29, 0.717) is 22.1 Å². The molecule has 7 atom stereocenters. The van der Waals surface area contributed by atoms with Crippen molar-refractivity contribution in [2.75, 3.05) is 16.8 Å². The first kappa shape index (κ1) is 29.7. The predicted octanol–water partition coefficient (Wildman–Crippen LogP) is 6.94. The van der Waals surface area contributed by atoms with E-state index in [4.69, 9.17) is 16.3 Å². The van der Waals surface area contributed by atoms with Gasteiger partial charge in [0.2, 0.25) is 11.8 Å². The fourth-order valence-corrected chi connectivity index (χ4v) is 11.8. The Balaban J connectivity index is 1.05. The van der Waals surface area contributed by atoms with Gasteiger partial charge in [0, 0.05) is 37.7 Å². The topological polar surface area (TPSA) is 109 Å². The van der Waals surface area contributed by atoms with Gasteiger partial charge in [-0.15, -0.1) is 11.8 Å². The summed E-state index contributed by atoms with van der Waals surface area (Å²) in [4.78, 5) is 59.1. The minimum atomic E-state index is -0.431. The third-order valence-corrected chi connectivity index (χ3v) is 13.3. The molecule has 1 aromatic heterocycles. The molecule has 0 radical (unpaired) electrons. The molecular formula is C37H28ClN3O5S2. The van der Waals surface area contributed by atoms with Gasteiger partial charge in [-0.2, -0.15) is 0 Å². The van der Waals surface area contributed by atoms with Crippen molar-refractivity contribution in [1.82, 2.24) is 4.98 Å². The smallest absolute Gasteiger partial charge is 0.305 e. The number of fused-ring (bicyclic) bond motifs is 10. The molecule has 11 heteroatoms. The number of thioether (sulfide) groups is 1. The third-order valence-electron chi connectivity index (χ3n) is 10.5. The summed E-state index contributed by atoms with van der Waals surface area (Å²) in [6, 6.07) is 28.1. The van der Waals surface area contributed by atoms with Crippen molar-refractivity contribution in [3.05, 3.63) is 116 Å². The van der Waals surface area contributed by atoms with Gasteiger partial charge < -0.3 is 15.0 Å². The van der Waals surface area contributed by atoms with Crippen LogP contribution < -0.4 is 19.8 Å². The molecule has 2 aliphatic heterocycles. The zero-order valence-corrected chi connectivity index (χ0v) is 27.7. The molecule has 240 valence electrons. The van der Waals surface area contributed by atoms with Crippen molar-refractivity contribution in [1.29, 1.82) is 0 Å². The van der Waals surface area contributed by atoms with Crippen molar-refractivity contribution in [3.63, 3.8) is 0 Å². The van der Waals surface area contributed by atoms with Gasteiger partial charge in [0.1, 0.15) is 5.75 Å². The number of carbonyl (C=O) groups is 3. The largest absolute Gasteiger partial charge is 0.483 e. The normalized spacial score (nSPS) is 26.8. The molecule has 2 N–H and O–H groups in total. The molecule has 4 aliphatic rings. The number of aromatic nitrogens is 1. The quantitative estimate of drug-likeness (QED) is 0.187. The van der Waals surface area contributed by atoms with Crippen molar-refractivity contribution < 1.29 is 19.1 Å². The number of hydrogen-bond donors (Lipinski definition) is 2. The fraction of sp³-hybridized carbons (Fsp3) is 0.243. The van der Waals surface area contributed by atoms with Crippen molar-refractivity contribution in [3.8, 4) is 5.75 Å². The van der Waals surface area contributed by atoms with Gasteiger partial charge in [0.15, 0.2) is 6.61 Å². The van der Waals surface area contributed by atoms with Crippen LogP contribution in [0, 0.1) is 29.6 Å². The Hall–Kier alpha value is -4.38. The molecule has 3 fully saturated rings. The van der Waals surface area contributed by atoms with E-state index in [0.717, 1.165) is 44.0 Å². The van der Waals surface area contributed by atoms with E-state index in [-0.39, 0.29) is 58.1 Å². The molecule has 9 rings (SSSR count). The number of nitrogens with one attached hydrogen (secondary N) is 2. The van der Waals surface area contributed by atoms with Gasteiger partial charge in [0.05, 0.1) is 22.5 Å². The van der Waals surface area contributed by atoms with Crippen LogP contribution in [0.25, 0.3) is 10.8 Å². The maximum Gasteiger partial charge on any atom is 0.305 e. The molecule has 2 bridgehead atoms. The molecule has 3 amide bonds. The first-order valence-electron chi connectivity index (χ1n) is 15.9. The standard InChI is InChI=1S/C37H28ClN3O5S2/c38-19-13-14-26(46-17-27(42)39-25-12-6-8-18-7-4-5-11-21(18)25)22(15-19)28-29-23-16-24(32(29)47-34-33(28)48-37(45)40-34)31-30(23)35(43)41(36(31)44)20-9-2-1-3-10-20/h1-15,23-24,28-32H,16-17H2,(H,39,42)(H,40,45)/t23-,24-,28-,29?,30?,31?,32?/m1/s1. The van der Waals surface area contributed by atoms with Crippen LogP contribution in [0.5, 0.6) is 5.75 Å². The van der Waals surface area contributed by atoms with Crippen LogP contribution in [0.1, 0.15) is 22.8 Å². The molecule has 2 saturated carbocycles. The van der Waals surface area contributed by atoms with E-state index in [2.05, 4.69) is 10.3 Å². The molecule has 5 aromatic rings. The molecule has 4 aromatic carbocycles. The number of hydrogen-bond acceptors (Lipinski definition) is 7. The molecule has 4 unspecified atom stereocenters. The Labute approximate surface area is 288 Å². The number of aromatic amines is 1. The van der Waals surface area contributed by atoms with E-state index in [9.17, 15) is 19.2 Å². The lowest BCUT2D eigenvalue weighted by atomic mass is 9.68. The highest BCUT2D eigenvalue weighted by Crippen LogP contribution is 2.69. The average molecular weight is 694 g/mol. The maximum absolute atomic E-state index is 14.0. The Morgan fingerprint density at radius 2 is 1.67 bits per heavy atom. The molecule has 0 spiro atoms. The highest BCUT2D eigenvalue weighted by atomic mass is 35.5. The number of anilines is 2. The number of carbonyl (C=O) groups excluding carboxylic acids is 3. The number of benzene rings is 4. The maximum atomic E-state index is 14.0. The number of rotatable bonds is 6. The zero-order valence-electron chi connectivity index (χ0n) is 25.3. The predicted molar refractivity (Wildman–Crippen MR) is 187 cm³/mol. The number of amides is 3. The van der Waals surface area contributed by atoms with Gasteiger partial charge in [-0.05, 0) is 66.0 Å². The van der Waals surface area contributed by atoms with E-state index in [1.54, 1.807) is 36.0 Å². The average Bonchev–Trinajstić information content (AvgIpc) is 3.83. The molecule has 48 heavy (non-hydrogen) atoms. The lowest BCUT2D eigenvalue weighted by Gasteiger charge is -2.43.